The zero-order chi connectivity index (χ0) is 39.3. The predicted molar refractivity (Wildman–Crippen MR) is 258 cm³/mol. The molecule has 0 aliphatic heterocycles. The second-order valence-electron chi connectivity index (χ2n) is 12.5. The molecule has 8 rings (SSSR count). The molecule has 0 fully saturated rings. The van der Waals surface area contributed by atoms with Crippen molar-refractivity contribution in [2.45, 2.75) is 0 Å². The van der Waals surface area contributed by atoms with Crippen LogP contribution in [0.25, 0.3) is 0 Å². The van der Waals surface area contributed by atoms with Gasteiger partial charge < -0.3 is 0 Å². The van der Waals surface area contributed by atoms with Gasteiger partial charge in [-0.2, -0.15) is 31.7 Å². The summed E-state index contributed by atoms with van der Waals surface area (Å²) in [6, 6.07) is 87.3. The molecule has 8 aromatic rings. The number of carbonyl (C=O) groups excluding carboxylic acids is 1. The fourth-order valence-corrected chi connectivity index (χ4v) is 17.3. The summed E-state index contributed by atoms with van der Waals surface area (Å²) in [4.78, 5) is 8.61. The molecule has 0 heterocycles. The first-order chi connectivity index (χ1) is 28.2. The molecule has 8 aromatic carbocycles. The Kier molecular flexibility index (Phi) is 22.5. The van der Waals surface area contributed by atoms with Gasteiger partial charge in [-0.3, -0.25) is 11.8 Å². The maximum atomic E-state index is 8.61. The molecule has 0 spiro atoms. The Morgan fingerprint density at radius 1 is 0.288 bits per heavy atom. The van der Waals surface area contributed by atoms with Crippen LogP contribution in [0.2, 0.25) is 0 Å². The van der Waals surface area contributed by atoms with Crippen LogP contribution >= 0.6 is 44.1 Å². The van der Waals surface area contributed by atoms with Gasteiger partial charge in [0.15, 0.2) is 0 Å². The van der Waals surface area contributed by atoms with Gasteiger partial charge in [0.05, 0.1) is 0 Å². The van der Waals surface area contributed by atoms with E-state index >= 15 is 0 Å². The van der Waals surface area contributed by atoms with Gasteiger partial charge in [0.25, 0.3) is 0 Å². The molecule has 8 heteroatoms. The van der Waals surface area contributed by atoms with Crippen molar-refractivity contribution in [3.63, 3.8) is 0 Å². The number of hydrogen-bond donors (Lipinski definition) is 0. The topological polar surface area (TPSA) is 17.1 Å². The summed E-state index contributed by atoms with van der Waals surface area (Å²) in [7, 11) is -2.13. The van der Waals surface area contributed by atoms with E-state index in [1.165, 1.54) is 46.8 Å². The van der Waals surface area contributed by atoms with Crippen LogP contribution < -0.4 is 42.4 Å². The first kappa shape index (κ1) is 48.3. The molecule has 1 nitrogen and oxygen atoms in total. The van der Waals surface area contributed by atoms with E-state index in [9.17, 15) is 0 Å². The first-order valence-corrected chi connectivity index (χ1v) is 24.9. The molecule has 0 aliphatic carbocycles. The third kappa shape index (κ3) is 14.9. The molecule has 0 aliphatic rings. The van der Waals surface area contributed by atoms with Gasteiger partial charge in [0, 0.05) is 0 Å². The summed E-state index contributed by atoms with van der Waals surface area (Å²) in [6.07, 6.45) is 0. The monoisotopic (exact) mass is 1040 g/mol. The van der Waals surface area contributed by atoms with E-state index in [2.05, 4.69) is 273 Å². The third-order valence-corrected chi connectivity index (χ3v) is 19.3. The first-order valence-electron chi connectivity index (χ1n) is 18.5. The van der Waals surface area contributed by atoms with E-state index in [-0.39, 0.29) is 31.9 Å². The van der Waals surface area contributed by atoms with Crippen LogP contribution in [0.15, 0.2) is 243 Å². The molecule has 0 saturated heterocycles. The van der Waals surface area contributed by atoms with Gasteiger partial charge in [-0.1, -0.05) is 285 Å². The third-order valence-electron chi connectivity index (χ3n) is 8.74. The Hall–Kier alpha value is -3.36. The molecule has 0 aromatic heterocycles. The number of rotatable bonds is 12. The minimum atomic E-state index is -0.534. The average Bonchev–Trinajstić information content (AvgIpc) is 3.30. The van der Waals surface area contributed by atoms with Gasteiger partial charge >= 0.3 is 47.4 Å². The van der Waals surface area contributed by atoms with E-state index in [4.69, 9.17) is 4.79 Å². The van der Waals surface area contributed by atoms with Crippen molar-refractivity contribution in [1.82, 2.24) is 0 Å². The largest absolute Gasteiger partial charge is 2.00 e. The summed E-state index contributed by atoms with van der Waals surface area (Å²) in [5.41, 5.74) is 0. The van der Waals surface area contributed by atoms with Gasteiger partial charge in [-0.15, -0.1) is 12.4 Å². The Balaban J connectivity index is 0.000000237. The van der Waals surface area contributed by atoms with E-state index in [1.807, 2.05) is 0 Å². The SMILES string of the molecule is Cl.O=[C]=[Pd].[Rh+2].c1ccc(P([CH-]P(c2ccccc2)c2ccccc2)c2ccccc2)cc1.c1ccc(P([CH-]P(c2ccccc2)c2ccccc2)c2ccccc2)cc1. The zero-order valence-corrected chi connectivity index (χ0v) is 39.6. The minimum absolute atomic E-state index is 0. The maximum Gasteiger partial charge on any atom is 2.00 e. The normalized spacial score (nSPS) is 10.3. The predicted octanol–water partition coefficient (Wildman–Crippen LogP) is 10.8. The summed E-state index contributed by atoms with van der Waals surface area (Å²) >= 11 is 2.14. The smallest absolute Gasteiger partial charge is 0.259 e. The van der Waals surface area contributed by atoms with Crippen molar-refractivity contribution in [3.8, 4) is 0 Å². The van der Waals surface area contributed by atoms with Crippen molar-refractivity contribution >= 4 is 90.9 Å². The summed E-state index contributed by atoms with van der Waals surface area (Å²) < 4.78 is 1.35. The van der Waals surface area contributed by atoms with Gasteiger partial charge in [-0.25, -0.2) is 0 Å². The Morgan fingerprint density at radius 3 is 0.492 bits per heavy atom. The van der Waals surface area contributed by atoms with E-state index in [1.54, 1.807) is 0 Å². The molecule has 299 valence electrons. The molecule has 0 N–H and O–H groups in total. The Morgan fingerprint density at radius 2 is 0.390 bits per heavy atom. The fraction of sp³-hybridized carbons (Fsp3) is 0. The quantitative estimate of drug-likeness (QED) is 0.0677. The van der Waals surface area contributed by atoms with E-state index in [0.717, 1.165) is 0 Å². The van der Waals surface area contributed by atoms with Crippen molar-refractivity contribution < 1.29 is 43.0 Å². The molecule has 0 amide bonds. The second kappa shape index (κ2) is 27.5. The molecule has 0 atom stereocenters. The summed E-state index contributed by atoms with van der Waals surface area (Å²) in [5.74, 6) is 5.22. The molecular weight excluding hydrogens is 997 g/mol. The van der Waals surface area contributed by atoms with E-state index in [0.29, 0.717) is 0 Å². The summed E-state index contributed by atoms with van der Waals surface area (Å²) in [5, 5.41) is 11.2. The standard InChI is InChI=1S/2C25H21P2.CO.ClH.Pd.Rh/c2*1-5-13-22(14-6-1)26(23-15-7-2-8-16-23)21-27(24-17-9-3-10-18-24)25-19-11-4-12-20-25;1-2;;;/h2*1-21H;;1H;;/q2*-1;;;;+2. The van der Waals surface area contributed by atoms with Crippen molar-refractivity contribution in [3.05, 3.63) is 254 Å². The van der Waals surface area contributed by atoms with E-state index < -0.39 is 31.7 Å². The van der Waals surface area contributed by atoms with Gasteiger partial charge in [0.1, 0.15) is 0 Å². The molecule has 0 bridgehead atoms. The number of benzene rings is 8. The van der Waals surface area contributed by atoms with Crippen LogP contribution in [0.4, 0.5) is 0 Å². The van der Waals surface area contributed by atoms with Crippen molar-refractivity contribution in [1.29, 1.82) is 0 Å². The number of hydrogen-bond acceptors (Lipinski definition) is 1. The van der Waals surface area contributed by atoms with Crippen LogP contribution in [-0.2, 0) is 43.0 Å². The Labute approximate surface area is 385 Å². The summed E-state index contributed by atoms with van der Waals surface area (Å²) in [6.45, 7) is 0. The van der Waals surface area contributed by atoms with Gasteiger partial charge in [-0.05, 0) is 0 Å². The zero-order valence-electron chi connectivity index (χ0n) is 32.0. The second-order valence-corrected chi connectivity index (χ2v) is 21.7. The maximum absolute atomic E-state index is 8.61. The molecule has 1 radical (unpaired) electrons. The fourth-order valence-electron chi connectivity index (χ4n) is 6.07. The minimum Gasteiger partial charge on any atom is -0.259 e. The van der Waals surface area contributed by atoms with Gasteiger partial charge in [0.2, 0.25) is 0 Å². The van der Waals surface area contributed by atoms with Crippen LogP contribution in [-0.4, -0.2) is 4.35 Å². The van der Waals surface area contributed by atoms with Crippen LogP contribution in [0.5, 0.6) is 0 Å². The number of halogens is 1. The van der Waals surface area contributed by atoms with Crippen LogP contribution in [0.1, 0.15) is 0 Å². The van der Waals surface area contributed by atoms with Crippen LogP contribution in [0.3, 0.4) is 0 Å². The molecule has 59 heavy (non-hydrogen) atoms. The van der Waals surface area contributed by atoms with Crippen molar-refractivity contribution in [2.24, 2.45) is 0 Å². The average molecular weight is 1040 g/mol. The molecule has 0 saturated carbocycles. The Bertz CT molecular complexity index is 1850. The van der Waals surface area contributed by atoms with Crippen LogP contribution in [0, 0.1) is 11.8 Å². The molecular formula is C51H43ClOP4PdRh. The molecule has 0 unspecified atom stereocenters. The van der Waals surface area contributed by atoms with Crippen molar-refractivity contribution in [2.75, 3.05) is 0 Å².